The molecule has 0 aliphatic rings. The van der Waals surface area contributed by atoms with Crippen molar-refractivity contribution >= 4 is 5.69 Å². The maximum Gasteiger partial charge on any atom is 0.141 e. The van der Waals surface area contributed by atoms with E-state index in [1.165, 1.54) is 0 Å². The molecular weight excluding hydrogens is 178 g/mol. The second-order valence-corrected chi connectivity index (χ2v) is 2.82. The van der Waals surface area contributed by atoms with Gasteiger partial charge in [-0.15, -0.1) is 0 Å². The molecule has 1 aromatic carbocycles. The zero-order valence-corrected chi connectivity index (χ0v) is 8.75. The van der Waals surface area contributed by atoms with Crippen LogP contribution < -0.4 is 10.1 Å². The highest BCUT2D eigenvalue weighted by Gasteiger charge is 1.98. The van der Waals surface area contributed by atoms with Gasteiger partial charge in [0.05, 0.1) is 19.4 Å². The van der Waals surface area contributed by atoms with Gasteiger partial charge in [0.2, 0.25) is 0 Å². The van der Waals surface area contributed by atoms with Gasteiger partial charge >= 0.3 is 0 Å². The van der Waals surface area contributed by atoms with E-state index in [9.17, 15) is 0 Å². The summed E-state index contributed by atoms with van der Waals surface area (Å²) in [6, 6.07) is 7.85. The molecule has 14 heavy (non-hydrogen) atoms. The van der Waals surface area contributed by atoms with Gasteiger partial charge in [-0.2, -0.15) is 0 Å². The largest absolute Gasteiger partial charge is 0.495 e. The fraction of sp³-hybridized carbons (Fsp3) is 0.455. The van der Waals surface area contributed by atoms with Crippen LogP contribution in [-0.4, -0.2) is 26.9 Å². The Bertz CT molecular complexity index is 263. The lowest BCUT2D eigenvalue weighted by molar-refractivity contribution is 0.158. The standard InChI is InChI=1S/C11H17NO2/c1-3-14-9-8-12-10-6-4-5-7-11(10)13-2/h4-7,12H,3,8-9H2,1-2H3. The minimum atomic E-state index is 0.717. The maximum atomic E-state index is 5.23. The van der Waals surface area contributed by atoms with Crippen molar-refractivity contribution < 1.29 is 9.47 Å². The van der Waals surface area contributed by atoms with Crippen molar-refractivity contribution in [2.45, 2.75) is 6.92 Å². The van der Waals surface area contributed by atoms with Crippen LogP contribution in [0.5, 0.6) is 5.75 Å². The number of ether oxygens (including phenoxy) is 2. The molecule has 78 valence electrons. The topological polar surface area (TPSA) is 30.5 Å². The molecule has 1 N–H and O–H groups in total. The van der Waals surface area contributed by atoms with E-state index in [4.69, 9.17) is 9.47 Å². The van der Waals surface area contributed by atoms with Crippen LogP contribution in [0, 0.1) is 0 Å². The van der Waals surface area contributed by atoms with Gasteiger partial charge in [0.1, 0.15) is 5.75 Å². The molecule has 0 unspecified atom stereocenters. The number of benzene rings is 1. The molecule has 3 heteroatoms. The summed E-state index contributed by atoms with van der Waals surface area (Å²) in [6.45, 7) is 4.26. The summed E-state index contributed by atoms with van der Waals surface area (Å²) in [5.41, 5.74) is 1.01. The van der Waals surface area contributed by atoms with Crippen LogP contribution in [0.15, 0.2) is 24.3 Å². The van der Waals surface area contributed by atoms with Crippen molar-refractivity contribution in [3.05, 3.63) is 24.3 Å². The molecule has 0 bridgehead atoms. The molecule has 0 fully saturated rings. The first kappa shape index (κ1) is 10.9. The van der Waals surface area contributed by atoms with Crippen molar-refractivity contribution in [1.82, 2.24) is 0 Å². The van der Waals surface area contributed by atoms with Gasteiger partial charge in [-0.05, 0) is 19.1 Å². The number of nitrogens with one attached hydrogen (secondary N) is 1. The Labute approximate surface area is 85.0 Å². The SMILES string of the molecule is CCOCCNc1ccccc1OC. The lowest BCUT2D eigenvalue weighted by atomic mass is 10.3. The third-order valence-electron chi connectivity index (χ3n) is 1.87. The van der Waals surface area contributed by atoms with Crippen LogP contribution in [0.3, 0.4) is 0 Å². The van der Waals surface area contributed by atoms with Gasteiger partial charge in [-0.1, -0.05) is 12.1 Å². The van der Waals surface area contributed by atoms with Crippen LogP contribution in [0.4, 0.5) is 5.69 Å². The first-order valence-corrected chi connectivity index (χ1v) is 4.83. The van der Waals surface area contributed by atoms with Crippen LogP contribution >= 0.6 is 0 Å². The quantitative estimate of drug-likeness (QED) is 0.705. The Kier molecular flexibility index (Phi) is 4.86. The van der Waals surface area contributed by atoms with Crippen LogP contribution in [-0.2, 0) is 4.74 Å². The highest BCUT2D eigenvalue weighted by atomic mass is 16.5. The number of rotatable bonds is 6. The van der Waals surface area contributed by atoms with E-state index in [-0.39, 0.29) is 0 Å². The molecule has 1 rings (SSSR count). The molecule has 0 amide bonds. The van der Waals surface area contributed by atoms with Gasteiger partial charge in [0.15, 0.2) is 0 Å². The monoisotopic (exact) mass is 195 g/mol. The molecule has 3 nitrogen and oxygen atoms in total. The zero-order chi connectivity index (χ0) is 10.2. The smallest absolute Gasteiger partial charge is 0.141 e. The molecular formula is C11H17NO2. The number of para-hydroxylation sites is 2. The summed E-state index contributed by atoms with van der Waals surface area (Å²) >= 11 is 0. The number of hydrogen-bond donors (Lipinski definition) is 1. The van der Waals surface area contributed by atoms with E-state index < -0.39 is 0 Å². The fourth-order valence-electron chi connectivity index (χ4n) is 1.19. The normalized spacial score (nSPS) is 9.86. The zero-order valence-electron chi connectivity index (χ0n) is 8.75. The van der Waals surface area contributed by atoms with Crippen molar-refractivity contribution in [2.75, 3.05) is 32.2 Å². The summed E-state index contributed by atoms with van der Waals surface area (Å²) in [7, 11) is 1.67. The lowest BCUT2D eigenvalue weighted by Gasteiger charge is -2.10. The first-order valence-electron chi connectivity index (χ1n) is 4.83. The Morgan fingerprint density at radius 1 is 1.29 bits per heavy atom. The average molecular weight is 195 g/mol. The van der Waals surface area contributed by atoms with Crippen molar-refractivity contribution in [1.29, 1.82) is 0 Å². The van der Waals surface area contributed by atoms with E-state index in [0.717, 1.165) is 24.6 Å². The molecule has 0 saturated heterocycles. The maximum absolute atomic E-state index is 5.23. The number of methoxy groups -OCH3 is 1. The molecule has 0 aliphatic carbocycles. The van der Waals surface area contributed by atoms with Crippen LogP contribution in [0.25, 0.3) is 0 Å². The Morgan fingerprint density at radius 3 is 2.79 bits per heavy atom. The second kappa shape index (κ2) is 6.27. The Morgan fingerprint density at radius 2 is 2.07 bits per heavy atom. The molecule has 0 aromatic heterocycles. The summed E-state index contributed by atoms with van der Waals surface area (Å²) in [6.07, 6.45) is 0. The lowest BCUT2D eigenvalue weighted by Crippen LogP contribution is -2.09. The van der Waals surface area contributed by atoms with Crippen molar-refractivity contribution in [2.24, 2.45) is 0 Å². The molecule has 0 aliphatic heterocycles. The van der Waals surface area contributed by atoms with Crippen LogP contribution in [0.1, 0.15) is 6.92 Å². The highest BCUT2D eigenvalue weighted by molar-refractivity contribution is 5.55. The Hall–Kier alpha value is -1.22. The summed E-state index contributed by atoms with van der Waals surface area (Å²) in [5, 5.41) is 3.25. The fourth-order valence-corrected chi connectivity index (χ4v) is 1.19. The second-order valence-electron chi connectivity index (χ2n) is 2.82. The first-order chi connectivity index (χ1) is 6.88. The van der Waals surface area contributed by atoms with E-state index in [0.29, 0.717) is 6.61 Å². The predicted molar refractivity (Wildman–Crippen MR) is 58.0 cm³/mol. The number of hydrogen-bond acceptors (Lipinski definition) is 3. The van der Waals surface area contributed by atoms with E-state index in [1.807, 2.05) is 31.2 Å². The molecule has 0 atom stereocenters. The molecule has 0 spiro atoms. The number of anilines is 1. The average Bonchev–Trinajstić information content (AvgIpc) is 2.25. The van der Waals surface area contributed by atoms with E-state index in [1.54, 1.807) is 7.11 Å². The third kappa shape index (κ3) is 3.26. The summed E-state index contributed by atoms with van der Waals surface area (Å²) in [5.74, 6) is 0.865. The predicted octanol–water partition coefficient (Wildman–Crippen LogP) is 2.14. The van der Waals surface area contributed by atoms with Gasteiger partial charge in [-0.25, -0.2) is 0 Å². The van der Waals surface area contributed by atoms with Crippen molar-refractivity contribution in [3.8, 4) is 5.75 Å². The van der Waals surface area contributed by atoms with Gasteiger partial charge in [0, 0.05) is 13.2 Å². The van der Waals surface area contributed by atoms with E-state index in [2.05, 4.69) is 5.32 Å². The summed E-state index contributed by atoms with van der Waals surface area (Å²) < 4.78 is 10.4. The third-order valence-corrected chi connectivity index (χ3v) is 1.87. The molecule has 0 saturated carbocycles. The molecule has 0 heterocycles. The Balaban J connectivity index is 2.41. The van der Waals surface area contributed by atoms with Gasteiger partial charge in [0.25, 0.3) is 0 Å². The minimum Gasteiger partial charge on any atom is -0.495 e. The van der Waals surface area contributed by atoms with Gasteiger partial charge in [-0.3, -0.25) is 0 Å². The van der Waals surface area contributed by atoms with Crippen molar-refractivity contribution in [3.63, 3.8) is 0 Å². The molecule has 0 radical (unpaired) electrons. The van der Waals surface area contributed by atoms with Crippen LogP contribution in [0.2, 0.25) is 0 Å². The molecule has 1 aromatic rings. The van der Waals surface area contributed by atoms with E-state index >= 15 is 0 Å². The minimum absolute atomic E-state index is 0.717. The highest BCUT2D eigenvalue weighted by Crippen LogP contribution is 2.22. The summed E-state index contributed by atoms with van der Waals surface area (Å²) in [4.78, 5) is 0. The van der Waals surface area contributed by atoms with Gasteiger partial charge < -0.3 is 14.8 Å².